The quantitative estimate of drug-likeness (QED) is 0.714. The summed E-state index contributed by atoms with van der Waals surface area (Å²) in [7, 11) is 0. The molecule has 1 fully saturated rings. The zero-order valence-electron chi connectivity index (χ0n) is 14.5. The van der Waals surface area contributed by atoms with Crippen LogP contribution in [0.2, 0.25) is 0 Å². The Morgan fingerprint density at radius 1 is 1.33 bits per heavy atom. The van der Waals surface area contributed by atoms with E-state index in [2.05, 4.69) is 20.1 Å². The van der Waals surface area contributed by atoms with Crippen LogP contribution in [0.25, 0.3) is 17.0 Å². The minimum atomic E-state index is -0.628. The number of carbonyl (C=O) groups is 1. The Morgan fingerprint density at radius 3 is 2.81 bits per heavy atom. The van der Waals surface area contributed by atoms with E-state index in [9.17, 15) is 4.79 Å². The molecule has 1 aliphatic rings. The number of imidazole rings is 1. The second-order valence-corrected chi connectivity index (χ2v) is 6.43. The summed E-state index contributed by atoms with van der Waals surface area (Å²) in [5, 5.41) is 13.1. The standard InChI is InChI=1S/C17H18N8O2/c18-5-8-27-12-3-1-11(2-4-12)25-15-13(9-21-25)22-17(23-14(15)16(19)26)24-7-6-20-10-24/h6-7,9-12H,1-4,8H2,(H2,19,26). The SMILES string of the molecule is N#CCOC1CCC(n2ncc3nc(-n4ccnc4)nc(C(N)=O)c32)CC1. The highest BCUT2D eigenvalue weighted by Gasteiger charge is 2.27. The van der Waals surface area contributed by atoms with Gasteiger partial charge in [0.2, 0.25) is 5.95 Å². The van der Waals surface area contributed by atoms with E-state index in [1.165, 1.54) is 0 Å². The van der Waals surface area contributed by atoms with E-state index in [0.717, 1.165) is 25.7 Å². The molecule has 3 heterocycles. The number of aromatic nitrogens is 6. The van der Waals surface area contributed by atoms with Gasteiger partial charge in [-0.3, -0.25) is 14.0 Å². The first-order chi connectivity index (χ1) is 13.2. The molecule has 0 spiro atoms. The van der Waals surface area contributed by atoms with Crippen LogP contribution in [0.4, 0.5) is 0 Å². The Hall–Kier alpha value is -3.32. The second-order valence-electron chi connectivity index (χ2n) is 6.43. The molecule has 10 nitrogen and oxygen atoms in total. The predicted molar refractivity (Wildman–Crippen MR) is 93.8 cm³/mol. The molecule has 0 bridgehead atoms. The molecule has 1 saturated carbocycles. The van der Waals surface area contributed by atoms with Crippen LogP contribution in [0.1, 0.15) is 42.2 Å². The fraction of sp³-hybridized carbons (Fsp3) is 0.412. The van der Waals surface area contributed by atoms with Gasteiger partial charge >= 0.3 is 0 Å². The van der Waals surface area contributed by atoms with E-state index in [0.29, 0.717) is 17.0 Å². The molecule has 0 atom stereocenters. The highest BCUT2D eigenvalue weighted by atomic mass is 16.5. The zero-order chi connectivity index (χ0) is 18.8. The van der Waals surface area contributed by atoms with Crippen molar-refractivity contribution >= 4 is 16.9 Å². The van der Waals surface area contributed by atoms with Crippen molar-refractivity contribution in [2.24, 2.45) is 5.73 Å². The molecule has 3 aromatic rings. The first-order valence-corrected chi connectivity index (χ1v) is 8.69. The van der Waals surface area contributed by atoms with Gasteiger partial charge in [0.15, 0.2) is 5.69 Å². The molecule has 27 heavy (non-hydrogen) atoms. The van der Waals surface area contributed by atoms with Gasteiger partial charge in [-0.05, 0) is 25.7 Å². The van der Waals surface area contributed by atoms with E-state index in [1.54, 1.807) is 34.2 Å². The van der Waals surface area contributed by atoms with Gasteiger partial charge in [-0.2, -0.15) is 10.4 Å². The van der Waals surface area contributed by atoms with Crippen molar-refractivity contribution in [2.45, 2.75) is 37.8 Å². The van der Waals surface area contributed by atoms with Gasteiger partial charge in [-0.25, -0.2) is 15.0 Å². The third-order valence-corrected chi connectivity index (χ3v) is 4.77. The lowest BCUT2D eigenvalue weighted by Gasteiger charge is -2.28. The molecule has 1 amide bonds. The fourth-order valence-electron chi connectivity index (χ4n) is 3.50. The molecule has 10 heteroatoms. The van der Waals surface area contributed by atoms with Crippen LogP contribution in [-0.4, -0.2) is 47.9 Å². The van der Waals surface area contributed by atoms with Gasteiger partial charge in [0.1, 0.15) is 24.0 Å². The normalized spacial score (nSPS) is 19.8. The van der Waals surface area contributed by atoms with Crippen molar-refractivity contribution in [3.05, 3.63) is 30.6 Å². The smallest absolute Gasteiger partial charge is 0.269 e. The number of nitrogens with two attached hydrogens (primary N) is 1. The van der Waals surface area contributed by atoms with Gasteiger partial charge in [0.05, 0.1) is 24.4 Å². The number of primary amides is 1. The van der Waals surface area contributed by atoms with Gasteiger partial charge in [-0.15, -0.1) is 0 Å². The molecule has 3 aromatic heterocycles. The maximum absolute atomic E-state index is 12.1. The molecule has 1 aliphatic carbocycles. The van der Waals surface area contributed by atoms with E-state index in [-0.39, 0.29) is 24.4 Å². The number of nitriles is 1. The summed E-state index contributed by atoms with van der Waals surface area (Å²) in [5.74, 6) is -0.307. The van der Waals surface area contributed by atoms with Crippen LogP contribution in [0, 0.1) is 11.3 Å². The summed E-state index contributed by atoms with van der Waals surface area (Å²) in [4.78, 5) is 24.9. The summed E-state index contributed by atoms with van der Waals surface area (Å²) in [6.07, 6.45) is 9.87. The fourth-order valence-corrected chi connectivity index (χ4v) is 3.50. The van der Waals surface area contributed by atoms with Crippen molar-refractivity contribution in [3.63, 3.8) is 0 Å². The average Bonchev–Trinajstić information content (AvgIpc) is 3.35. The Labute approximate surface area is 154 Å². The molecule has 2 N–H and O–H groups in total. The summed E-state index contributed by atoms with van der Waals surface area (Å²) in [6.45, 7) is 0.108. The summed E-state index contributed by atoms with van der Waals surface area (Å²) in [5.41, 5.74) is 6.84. The maximum atomic E-state index is 12.1. The van der Waals surface area contributed by atoms with Crippen LogP contribution in [0.3, 0.4) is 0 Å². The van der Waals surface area contributed by atoms with Gasteiger partial charge in [0.25, 0.3) is 5.91 Å². The monoisotopic (exact) mass is 366 g/mol. The molecular weight excluding hydrogens is 348 g/mol. The number of rotatable bonds is 5. The second kappa shape index (κ2) is 7.13. The lowest BCUT2D eigenvalue weighted by Crippen LogP contribution is -2.25. The highest BCUT2D eigenvalue weighted by molar-refractivity contribution is 6.02. The van der Waals surface area contributed by atoms with Crippen LogP contribution in [0.15, 0.2) is 24.9 Å². The van der Waals surface area contributed by atoms with Crippen LogP contribution >= 0.6 is 0 Å². The first kappa shape index (κ1) is 17.1. The number of nitrogens with zero attached hydrogens (tertiary/aromatic N) is 7. The molecule has 0 radical (unpaired) electrons. The van der Waals surface area contributed by atoms with Crippen molar-refractivity contribution in [2.75, 3.05) is 6.61 Å². The number of fused-ring (bicyclic) bond motifs is 1. The Kier molecular flexibility index (Phi) is 4.52. The third-order valence-electron chi connectivity index (χ3n) is 4.77. The van der Waals surface area contributed by atoms with Gasteiger partial charge in [0, 0.05) is 12.4 Å². The average molecular weight is 366 g/mol. The molecule has 0 aliphatic heterocycles. The predicted octanol–water partition coefficient (Wildman–Crippen LogP) is 1.13. The molecule has 138 valence electrons. The van der Waals surface area contributed by atoms with Crippen molar-refractivity contribution in [3.8, 4) is 12.0 Å². The number of amides is 1. The Bertz CT molecular complexity index is 996. The molecule has 0 aromatic carbocycles. The van der Waals surface area contributed by atoms with E-state index < -0.39 is 5.91 Å². The molecule has 0 unspecified atom stereocenters. The van der Waals surface area contributed by atoms with E-state index in [1.807, 2.05) is 6.07 Å². The minimum Gasteiger partial charge on any atom is -0.364 e. The third kappa shape index (κ3) is 3.24. The zero-order valence-corrected chi connectivity index (χ0v) is 14.5. The Morgan fingerprint density at radius 2 is 2.15 bits per heavy atom. The van der Waals surface area contributed by atoms with E-state index >= 15 is 0 Å². The number of hydrogen-bond acceptors (Lipinski definition) is 7. The molecule has 0 saturated heterocycles. The number of carbonyl (C=O) groups excluding carboxylic acids is 1. The van der Waals surface area contributed by atoms with Crippen molar-refractivity contribution in [1.82, 2.24) is 29.3 Å². The molecule has 4 rings (SSSR count). The van der Waals surface area contributed by atoms with Gasteiger partial charge in [-0.1, -0.05) is 0 Å². The van der Waals surface area contributed by atoms with Crippen LogP contribution in [0.5, 0.6) is 0 Å². The topological polar surface area (TPSA) is 138 Å². The number of ether oxygens (including phenoxy) is 1. The highest BCUT2D eigenvalue weighted by Crippen LogP contribution is 2.32. The largest absolute Gasteiger partial charge is 0.364 e. The summed E-state index contributed by atoms with van der Waals surface area (Å²) in [6, 6.07) is 2.10. The Balaban J connectivity index is 1.67. The van der Waals surface area contributed by atoms with Crippen molar-refractivity contribution in [1.29, 1.82) is 5.26 Å². The summed E-state index contributed by atoms with van der Waals surface area (Å²) < 4.78 is 8.92. The molecular formula is C17H18N8O2. The van der Waals surface area contributed by atoms with Crippen LogP contribution in [-0.2, 0) is 4.74 Å². The lowest BCUT2D eigenvalue weighted by molar-refractivity contribution is 0.0375. The van der Waals surface area contributed by atoms with E-state index in [4.69, 9.17) is 15.7 Å². The maximum Gasteiger partial charge on any atom is 0.269 e. The van der Waals surface area contributed by atoms with Crippen LogP contribution < -0.4 is 5.73 Å². The first-order valence-electron chi connectivity index (χ1n) is 8.69. The van der Waals surface area contributed by atoms with Gasteiger partial charge < -0.3 is 10.5 Å². The van der Waals surface area contributed by atoms with Crippen molar-refractivity contribution < 1.29 is 9.53 Å². The number of hydrogen-bond donors (Lipinski definition) is 1. The lowest BCUT2D eigenvalue weighted by atomic mass is 9.93. The minimum absolute atomic E-state index is 0.0856. The summed E-state index contributed by atoms with van der Waals surface area (Å²) >= 11 is 0.